The second kappa shape index (κ2) is 9.11. The van der Waals surface area contributed by atoms with Gasteiger partial charge in [0, 0.05) is 24.1 Å². The zero-order chi connectivity index (χ0) is 25.0. The van der Waals surface area contributed by atoms with E-state index < -0.39 is 5.60 Å². The van der Waals surface area contributed by atoms with Crippen LogP contribution in [0.4, 0.5) is 4.39 Å². The Kier molecular flexibility index (Phi) is 6.56. The van der Waals surface area contributed by atoms with Crippen LogP contribution < -0.4 is 0 Å². The molecule has 4 aliphatic rings. The van der Waals surface area contributed by atoms with E-state index in [1.807, 2.05) is 13.1 Å². The molecule has 5 heteroatoms. The highest BCUT2D eigenvalue weighted by Crippen LogP contribution is 2.69. The number of carbonyl (C=O) groups excluding carboxylic acids is 1. The molecule has 35 heavy (non-hydrogen) atoms. The molecule has 0 amide bonds. The monoisotopic (exact) mass is 484 g/mol. The summed E-state index contributed by atoms with van der Waals surface area (Å²) in [5, 5.41) is 15.2. The number of rotatable bonds is 7. The molecule has 0 radical (unpaired) electrons. The molecule has 4 aliphatic carbocycles. The number of aliphatic hydroxyl groups is 1. The standard InChI is InChI=1S/C30H45FN2O2/c1-5-28(2,35)14-11-20-7-6-8-24-23(20)12-15-30(4)25(13-16-29(24,30)3)27(34)19-33-18-21-17-22(31)9-10-26(21)32-33/h17-18,20,23-25,35H,5-16,19H2,1-4H3/t20?,23-,24-,25-,28+,29+,30-/m1/s1. The quantitative estimate of drug-likeness (QED) is 0.458. The lowest BCUT2D eigenvalue weighted by atomic mass is 9.45. The smallest absolute Gasteiger partial charge is 0.157 e. The Labute approximate surface area is 210 Å². The highest BCUT2D eigenvalue weighted by atomic mass is 19.1. The van der Waals surface area contributed by atoms with Crippen LogP contribution in [0, 0.1) is 34.5 Å². The van der Waals surface area contributed by atoms with Crippen molar-refractivity contribution < 1.29 is 14.3 Å². The van der Waals surface area contributed by atoms with E-state index in [-0.39, 0.29) is 22.6 Å². The summed E-state index contributed by atoms with van der Waals surface area (Å²) >= 11 is 0. The maximum atomic E-state index is 13.7. The van der Waals surface area contributed by atoms with Crippen molar-refractivity contribution in [2.75, 3.05) is 0 Å². The van der Waals surface area contributed by atoms with Crippen LogP contribution in [-0.4, -0.2) is 26.3 Å². The number of allylic oxidation sites excluding steroid dienone is 1. The van der Waals surface area contributed by atoms with Gasteiger partial charge in [0.25, 0.3) is 0 Å². The molecule has 1 heterocycles. The van der Waals surface area contributed by atoms with Crippen molar-refractivity contribution in [1.29, 1.82) is 0 Å². The number of hydrogen-bond donors (Lipinski definition) is 1. The molecule has 0 spiro atoms. The zero-order valence-electron chi connectivity index (χ0n) is 22.3. The second-order valence-corrected chi connectivity index (χ2v) is 13.1. The van der Waals surface area contributed by atoms with Gasteiger partial charge in [-0.05, 0) is 99.4 Å². The average Bonchev–Trinajstić information content (AvgIpc) is 3.34. The number of ketones is 1. The highest BCUT2D eigenvalue weighted by Gasteiger charge is 2.63. The van der Waals surface area contributed by atoms with E-state index in [1.54, 1.807) is 10.8 Å². The molecule has 3 saturated carbocycles. The first-order chi connectivity index (χ1) is 16.6. The molecule has 4 nitrogen and oxygen atoms in total. The van der Waals surface area contributed by atoms with Gasteiger partial charge < -0.3 is 5.11 Å². The van der Waals surface area contributed by atoms with E-state index >= 15 is 0 Å². The van der Waals surface area contributed by atoms with Crippen LogP contribution in [0.25, 0.3) is 6.08 Å². The van der Waals surface area contributed by atoms with Gasteiger partial charge in [0.05, 0.1) is 17.8 Å². The van der Waals surface area contributed by atoms with Crippen molar-refractivity contribution in [3.05, 3.63) is 23.3 Å². The van der Waals surface area contributed by atoms with Gasteiger partial charge in [-0.1, -0.05) is 33.6 Å². The highest BCUT2D eigenvalue weighted by molar-refractivity contribution is 5.82. The maximum absolute atomic E-state index is 13.7. The Hall–Kier alpha value is -1.49. The minimum atomic E-state index is -0.543. The van der Waals surface area contributed by atoms with Gasteiger partial charge in [-0.2, -0.15) is 5.10 Å². The summed E-state index contributed by atoms with van der Waals surface area (Å²) in [7, 11) is 0. The van der Waals surface area contributed by atoms with Crippen molar-refractivity contribution in [2.24, 2.45) is 34.5 Å². The Balaban J connectivity index is 1.30. The zero-order valence-corrected chi connectivity index (χ0v) is 22.3. The molecule has 3 fully saturated rings. The van der Waals surface area contributed by atoms with Crippen molar-refractivity contribution in [2.45, 2.75) is 117 Å². The van der Waals surface area contributed by atoms with Gasteiger partial charge in [0.15, 0.2) is 5.78 Å². The molecule has 0 aromatic carbocycles. The normalized spacial score (nSPS) is 38.2. The molecule has 7 atom stereocenters. The fourth-order valence-corrected chi connectivity index (χ4v) is 8.74. The maximum Gasteiger partial charge on any atom is 0.157 e. The van der Waals surface area contributed by atoms with Crippen molar-refractivity contribution in [3.63, 3.8) is 0 Å². The van der Waals surface area contributed by atoms with Gasteiger partial charge >= 0.3 is 0 Å². The summed E-state index contributed by atoms with van der Waals surface area (Å²) in [6.45, 7) is 9.29. The van der Waals surface area contributed by atoms with Gasteiger partial charge in [0.2, 0.25) is 0 Å². The van der Waals surface area contributed by atoms with Crippen LogP contribution in [-0.2, 0) is 17.8 Å². The molecular formula is C30H45FN2O2. The number of hydrogen-bond acceptors (Lipinski definition) is 3. The van der Waals surface area contributed by atoms with Gasteiger partial charge in [0.1, 0.15) is 5.83 Å². The van der Waals surface area contributed by atoms with Crippen molar-refractivity contribution in [3.8, 4) is 0 Å². The second-order valence-electron chi connectivity index (χ2n) is 13.1. The number of Topliss-reactive ketones (excluding diaryl/α,β-unsaturated/α-hetero) is 1. The summed E-state index contributed by atoms with van der Waals surface area (Å²) in [6.07, 6.45) is 15.7. The minimum absolute atomic E-state index is 0.0425. The fourth-order valence-electron chi connectivity index (χ4n) is 8.74. The van der Waals surface area contributed by atoms with E-state index in [9.17, 15) is 14.3 Å². The third kappa shape index (κ3) is 4.34. The number of halogens is 1. The molecule has 0 saturated heterocycles. The largest absolute Gasteiger partial charge is 0.390 e. The SMILES string of the molecule is CC[C@](C)(O)CCC1CCC[C@@H]2[C@@H]1CC[C@]1(C)[C@@H](C(=O)Cn3cc4c(n3)CCC(F)=C4)CC[C@@]21C. The summed E-state index contributed by atoms with van der Waals surface area (Å²) in [6, 6.07) is 0. The lowest BCUT2D eigenvalue weighted by Gasteiger charge is -2.59. The summed E-state index contributed by atoms with van der Waals surface area (Å²) in [5.41, 5.74) is 1.45. The fraction of sp³-hybridized carbons (Fsp3) is 0.800. The van der Waals surface area contributed by atoms with Gasteiger partial charge in [-0.3, -0.25) is 9.48 Å². The molecule has 0 bridgehead atoms. The molecular weight excluding hydrogens is 439 g/mol. The molecule has 194 valence electrons. The average molecular weight is 485 g/mol. The predicted molar refractivity (Wildman–Crippen MR) is 137 cm³/mol. The van der Waals surface area contributed by atoms with Crippen LogP contribution in [0.2, 0.25) is 0 Å². The first kappa shape index (κ1) is 25.2. The third-order valence-electron chi connectivity index (χ3n) is 11.4. The number of fused-ring (bicyclic) bond motifs is 4. The minimum Gasteiger partial charge on any atom is -0.390 e. The predicted octanol–water partition coefficient (Wildman–Crippen LogP) is 6.90. The molecule has 1 aromatic rings. The van der Waals surface area contributed by atoms with Crippen molar-refractivity contribution >= 4 is 11.9 Å². The Morgan fingerprint density at radius 3 is 2.74 bits per heavy atom. The van der Waals surface area contributed by atoms with Gasteiger partial charge in [-0.25, -0.2) is 4.39 Å². The topological polar surface area (TPSA) is 55.1 Å². The summed E-state index contributed by atoms with van der Waals surface area (Å²) in [4.78, 5) is 13.7. The van der Waals surface area contributed by atoms with E-state index in [2.05, 4.69) is 25.9 Å². The number of aromatic nitrogens is 2. The molecule has 1 unspecified atom stereocenters. The first-order valence-electron chi connectivity index (χ1n) is 14.2. The van der Waals surface area contributed by atoms with Crippen LogP contribution in [0.3, 0.4) is 0 Å². The molecule has 5 rings (SSSR count). The van der Waals surface area contributed by atoms with Crippen LogP contribution in [0.5, 0.6) is 0 Å². The molecule has 1 N–H and O–H groups in total. The number of nitrogens with zero attached hydrogens (tertiary/aromatic N) is 2. The van der Waals surface area contributed by atoms with Crippen molar-refractivity contribution in [1.82, 2.24) is 9.78 Å². The number of aryl methyl sites for hydroxylation is 1. The van der Waals surface area contributed by atoms with E-state index in [1.165, 1.54) is 25.7 Å². The Bertz CT molecular complexity index is 996. The van der Waals surface area contributed by atoms with E-state index in [0.29, 0.717) is 37.0 Å². The lowest BCUT2D eigenvalue weighted by Crippen LogP contribution is -2.53. The Morgan fingerprint density at radius 2 is 1.97 bits per heavy atom. The molecule has 1 aromatic heterocycles. The first-order valence-corrected chi connectivity index (χ1v) is 14.2. The Morgan fingerprint density at radius 1 is 1.20 bits per heavy atom. The molecule has 0 aliphatic heterocycles. The van der Waals surface area contributed by atoms with Gasteiger partial charge in [-0.15, -0.1) is 0 Å². The number of carbonyl (C=O) groups is 1. The van der Waals surface area contributed by atoms with Crippen LogP contribution in [0.1, 0.15) is 110 Å². The third-order valence-corrected chi connectivity index (χ3v) is 11.4. The summed E-state index contributed by atoms with van der Waals surface area (Å²) < 4.78 is 15.5. The van der Waals surface area contributed by atoms with Crippen LogP contribution >= 0.6 is 0 Å². The van der Waals surface area contributed by atoms with E-state index in [4.69, 9.17) is 0 Å². The van der Waals surface area contributed by atoms with E-state index in [0.717, 1.165) is 55.7 Å². The lowest BCUT2D eigenvalue weighted by molar-refractivity contribution is -0.138. The van der Waals surface area contributed by atoms with Crippen LogP contribution in [0.15, 0.2) is 12.0 Å². The summed E-state index contributed by atoms with van der Waals surface area (Å²) in [5.74, 6) is 2.45.